The number of methoxy groups -OCH3 is 1. The molecule has 0 N–H and O–H groups in total. The van der Waals surface area contributed by atoms with E-state index in [4.69, 9.17) is 4.74 Å². The van der Waals surface area contributed by atoms with Crippen molar-refractivity contribution < 1.29 is 17.9 Å². The van der Waals surface area contributed by atoms with Gasteiger partial charge in [-0.25, -0.2) is 8.42 Å². The van der Waals surface area contributed by atoms with Gasteiger partial charge in [-0.2, -0.15) is 0 Å². The smallest absolute Gasteiger partial charge is 0.254 e. The summed E-state index contributed by atoms with van der Waals surface area (Å²) >= 11 is 0. The fraction of sp³-hybridized carbons (Fsp3) is 0.444. The molecule has 25 heavy (non-hydrogen) atoms. The Kier molecular flexibility index (Phi) is 5.06. The Morgan fingerprint density at radius 2 is 2.12 bits per heavy atom. The highest BCUT2D eigenvalue weighted by molar-refractivity contribution is 7.91. The summed E-state index contributed by atoms with van der Waals surface area (Å²) in [6.07, 6.45) is 0.472. The molecule has 0 spiro atoms. The Morgan fingerprint density at radius 1 is 1.36 bits per heavy atom. The van der Waals surface area contributed by atoms with Gasteiger partial charge in [0.25, 0.3) is 5.91 Å². The summed E-state index contributed by atoms with van der Waals surface area (Å²) < 4.78 is 28.9. The maximum atomic E-state index is 13.3. The zero-order valence-corrected chi connectivity index (χ0v) is 15.3. The molecule has 0 bridgehead atoms. The lowest BCUT2D eigenvalue weighted by Gasteiger charge is -2.28. The minimum absolute atomic E-state index is 0.0183. The van der Waals surface area contributed by atoms with Crippen molar-refractivity contribution in [3.63, 3.8) is 0 Å². The molecule has 0 radical (unpaired) electrons. The summed E-state index contributed by atoms with van der Waals surface area (Å²) in [5.41, 5.74) is 2.08. The van der Waals surface area contributed by atoms with Gasteiger partial charge in [0.1, 0.15) is 0 Å². The first kappa shape index (κ1) is 17.8. The fourth-order valence-electron chi connectivity index (χ4n) is 3.30. The number of hydrogen-bond donors (Lipinski definition) is 0. The molecule has 1 saturated heterocycles. The molecule has 2 heterocycles. The summed E-state index contributed by atoms with van der Waals surface area (Å²) in [5.74, 6) is -0.0181. The largest absolute Gasteiger partial charge is 0.383 e. The molecule has 1 aliphatic heterocycles. The van der Waals surface area contributed by atoms with Crippen molar-refractivity contribution in [3.05, 3.63) is 41.6 Å². The molecule has 2 aromatic rings. The molecule has 1 unspecified atom stereocenters. The number of nitrogens with zero attached hydrogens (tertiary/aromatic N) is 2. The third-order valence-electron chi connectivity index (χ3n) is 4.52. The van der Waals surface area contributed by atoms with Crippen molar-refractivity contribution in [2.45, 2.75) is 19.4 Å². The van der Waals surface area contributed by atoms with Crippen LogP contribution in [0.25, 0.3) is 10.9 Å². The zero-order chi connectivity index (χ0) is 18.0. The van der Waals surface area contributed by atoms with Crippen molar-refractivity contribution in [2.24, 2.45) is 0 Å². The molecular weight excluding hydrogens is 340 g/mol. The molecule has 7 heteroatoms. The van der Waals surface area contributed by atoms with E-state index in [1.165, 1.54) is 0 Å². The van der Waals surface area contributed by atoms with Gasteiger partial charge in [0.15, 0.2) is 9.84 Å². The fourth-order valence-corrected chi connectivity index (χ4v) is 5.03. The van der Waals surface area contributed by atoms with Crippen LogP contribution in [0.3, 0.4) is 0 Å². The van der Waals surface area contributed by atoms with Gasteiger partial charge in [-0.1, -0.05) is 18.2 Å². The third-order valence-corrected chi connectivity index (χ3v) is 6.27. The number of fused-ring (bicyclic) bond motifs is 1. The van der Waals surface area contributed by atoms with Crippen molar-refractivity contribution in [2.75, 3.05) is 31.8 Å². The van der Waals surface area contributed by atoms with E-state index in [1.807, 2.05) is 31.2 Å². The van der Waals surface area contributed by atoms with Crippen LogP contribution in [-0.2, 0) is 14.6 Å². The summed E-state index contributed by atoms with van der Waals surface area (Å²) in [6, 6.07) is 8.96. The number of aryl methyl sites for hydroxylation is 1. The van der Waals surface area contributed by atoms with Gasteiger partial charge in [0.2, 0.25) is 0 Å². The van der Waals surface area contributed by atoms with Gasteiger partial charge < -0.3 is 9.64 Å². The van der Waals surface area contributed by atoms with Crippen LogP contribution < -0.4 is 0 Å². The highest BCUT2D eigenvalue weighted by Gasteiger charge is 2.35. The van der Waals surface area contributed by atoms with Crippen LogP contribution in [0.4, 0.5) is 0 Å². The number of ether oxygens (including phenoxy) is 1. The van der Waals surface area contributed by atoms with E-state index in [2.05, 4.69) is 4.98 Å². The standard InChI is InChI=1S/C18H22N2O4S/c1-13-11-16(15-5-3-4-6-17(15)19-13)18(21)20(8-9-24-2)14-7-10-25(22,23)12-14/h3-6,11,14H,7-10,12H2,1-2H3. The van der Waals surface area contributed by atoms with Gasteiger partial charge in [0.05, 0.1) is 29.2 Å². The normalized spacial score (nSPS) is 19.2. The number of amides is 1. The molecule has 134 valence electrons. The second kappa shape index (κ2) is 7.09. The lowest BCUT2D eigenvalue weighted by atomic mass is 10.1. The molecule has 1 aromatic heterocycles. The molecule has 1 amide bonds. The molecule has 6 nitrogen and oxygen atoms in total. The maximum Gasteiger partial charge on any atom is 0.254 e. The molecule has 1 atom stereocenters. The number of aromatic nitrogens is 1. The number of carbonyl (C=O) groups is 1. The Morgan fingerprint density at radius 3 is 2.80 bits per heavy atom. The predicted octanol–water partition coefficient (Wildman–Crippen LogP) is 1.82. The van der Waals surface area contributed by atoms with Crippen molar-refractivity contribution >= 4 is 26.6 Å². The van der Waals surface area contributed by atoms with Gasteiger partial charge in [-0.3, -0.25) is 9.78 Å². The maximum absolute atomic E-state index is 13.3. The summed E-state index contributed by atoms with van der Waals surface area (Å²) in [6.45, 7) is 2.58. The van der Waals surface area contributed by atoms with Crippen molar-refractivity contribution in [3.8, 4) is 0 Å². The van der Waals surface area contributed by atoms with E-state index in [0.29, 0.717) is 25.1 Å². The van der Waals surface area contributed by atoms with Crippen LogP contribution >= 0.6 is 0 Å². The lowest BCUT2D eigenvalue weighted by molar-refractivity contribution is 0.0626. The van der Waals surface area contributed by atoms with E-state index >= 15 is 0 Å². The van der Waals surface area contributed by atoms with Crippen molar-refractivity contribution in [1.29, 1.82) is 0 Å². The topological polar surface area (TPSA) is 76.6 Å². The van der Waals surface area contributed by atoms with E-state index in [-0.39, 0.29) is 23.5 Å². The van der Waals surface area contributed by atoms with E-state index in [0.717, 1.165) is 16.6 Å². The van der Waals surface area contributed by atoms with E-state index in [1.54, 1.807) is 18.1 Å². The molecule has 1 fully saturated rings. The monoisotopic (exact) mass is 362 g/mol. The van der Waals surface area contributed by atoms with Crippen LogP contribution in [0.15, 0.2) is 30.3 Å². The summed E-state index contributed by atoms with van der Waals surface area (Å²) in [5, 5.41) is 0.779. The highest BCUT2D eigenvalue weighted by atomic mass is 32.2. The zero-order valence-electron chi connectivity index (χ0n) is 14.4. The molecule has 3 rings (SSSR count). The predicted molar refractivity (Wildman–Crippen MR) is 96.5 cm³/mol. The number of hydrogen-bond acceptors (Lipinski definition) is 5. The number of para-hydroxylation sites is 1. The summed E-state index contributed by atoms with van der Waals surface area (Å²) in [4.78, 5) is 19.4. The Balaban J connectivity index is 2.00. The quantitative estimate of drug-likeness (QED) is 0.811. The highest BCUT2D eigenvalue weighted by Crippen LogP contribution is 2.24. The Hall–Kier alpha value is -1.99. The van der Waals surface area contributed by atoms with Crippen LogP contribution in [0.2, 0.25) is 0 Å². The first-order valence-corrected chi connectivity index (χ1v) is 10.1. The second-order valence-corrected chi connectivity index (χ2v) is 8.61. The first-order valence-electron chi connectivity index (χ1n) is 8.28. The number of rotatable bonds is 5. The molecule has 1 aromatic carbocycles. The van der Waals surface area contributed by atoms with Gasteiger partial charge in [-0.05, 0) is 25.5 Å². The molecule has 1 aliphatic rings. The van der Waals surface area contributed by atoms with E-state index < -0.39 is 9.84 Å². The molecular formula is C18H22N2O4S. The van der Waals surface area contributed by atoms with Crippen LogP contribution in [0.5, 0.6) is 0 Å². The van der Waals surface area contributed by atoms with Crippen LogP contribution in [0.1, 0.15) is 22.5 Å². The molecule has 0 aliphatic carbocycles. The number of pyridine rings is 1. The van der Waals surface area contributed by atoms with Crippen LogP contribution in [0, 0.1) is 6.92 Å². The number of carbonyl (C=O) groups excluding carboxylic acids is 1. The third kappa shape index (κ3) is 3.82. The Labute approximate surface area is 147 Å². The van der Waals surface area contributed by atoms with Crippen LogP contribution in [-0.4, -0.2) is 62.0 Å². The van der Waals surface area contributed by atoms with Gasteiger partial charge >= 0.3 is 0 Å². The van der Waals surface area contributed by atoms with Gasteiger partial charge in [0, 0.05) is 30.8 Å². The van der Waals surface area contributed by atoms with E-state index in [9.17, 15) is 13.2 Å². The summed E-state index contributed by atoms with van der Waals surface area (Å²) in [7, 11) is -1.51. The number of sulfone groups is 1. The SMILES string of the molecule is COCCN(C(=O)c1cc(C)nc2ccccc12)C1CCS(=O)(=O)C1. The average Bonchev–Trinajstić information content (AvgIpc) is 2.94. The lowest BCUT2D eigenvalue weighted by Crippen LogP contribution is -2.43. The Bertz CT molecular complexity index is 895. The molecule has 0 saturated carbocycles. The van der Waals surface area contributed by atoms with Gasteiger partial charge in [-0.15, -0.1) is 0 Å². The first-order chi connectivity index (χ1) is 11.9. The number of benzene rings is 1. The minimum atomic E-state index is -3.08. The minimum Gasteiger partial charge on any atom is -0.383 e. The second-order valence-electron chi connectivity index (χ2n) is 6.38. The average molecular weight is 362 g/mol. The van der Waals surface area contributed by atoms with Crippen molar-refractivity contribution in [1.82, 2.24) is 9.88 Å².